The number of fused-ring (bicyclic) bond motifs is 2. The Bertz CT molecular complexity index is 1220. The largest absolute Gasteiger partial charge is 0.460 e. The smallest absolute Gasteiger partial charge is 0.315 e. The van der Waals surface area contributed by atoms with Crippen molar-refractivity contribution in [2.45, 2.75) is 105 Å². The summed E-state index contributed by atoms with van der Waals surface area (Å²) in [6, 6.07) is 19.8. The van der Waals surface area contributed by atoms with E-state index in [0.29, 0.717) is 12.5 Å². The average molecular weight is 592 g/mol. The fourth-order valence-corrected chi connectivity index (χ4v) is 8.19. The molecule has 2 aromatic rings. The summed E-state index contributed by atoms with van der Waals surface area (Å²) in [4.78, 5) is 29.6. The number of benzene rings is 2. The zero-order chi connectivity index (χ0) is 31.6. The molecule has 6 atom stereocenters. The number of rotatable bonds is 12. The minimum absolute atomic E-state index is 0.0436. The summed E-state index contributed by atoms with van der Waals surface area (Å²) >= 11 is 0. The van der Waals surface area contributed by atoms with E-state index in [0.717, 1.165) is 24.9 Å². The van der Waals surface area contributed by atoms with Crippen molar-refractivity contribution in [1.82, 2.24) is 4.90 Å². The Morgan fingerprint density at radius 2 is 1.60 bits per heavy atom. The summed E-state index contributed by atoms with van der Waals surface area (Å²) in [7, 11) is 1.85. The lowest BCUT2D eigenvalue weighted by atomic mass is 9.67. The minimum atomic E-state index is -0.803. The topological polar surface area (TPSA) is 65.1 Å². The monoisotopic (exact) mass is 591 g/mol. The maximum atomic E-state index is 14.4. The zero-order valence-electron chi connectivity index (χ0n) is 27.8. The molecular weight excluding hydrogens is 538 g/mol. The minimum Gasteiger partial charge on any atom is -0.460 e. The first kappa shape index (κ1) is 33.2. The molecule has 6 nitrogen and oxygen atoms in total. The fourth-order valence-electron chi connectivity index (χ4n) is 8.19. The molecule has 43 heavy (non-hydrogen) atoms. The molecule has 0 saturated heterocycles. The van der Waals surface area contributed by atoms with Crippen molar-refractivity contribution >= 4 is 11.9 Å². The van der Waals surface area contributed by atoms with E-state index in [9.17, 15) is 9.59 Å². The summed E-state index contributed by atoms with van der Waals surface area (Å²) < 4.78 is 18.5. The summed E-state index contributed by atoms with van der Waals surface area (Å²) in [5, 5.41) is 0. The first-order chi connectivity index (χ1) is 20.2. The quantitative estimate of drug-likeness (QED) is 0.237. The zero-order valence-corrected chi connectivity index (χ0v) is 27.8. The molecule has 0 spiro atoms. The van der Waals surface area contributed by atoms with Crippen LogP contribution in [0.1, 0.15) is 91.9 Å². The van der Waals surface area contributed by atoms with E-state index in [-0.39, 0.29) is 34.9 Å². The molecule has 0 aromatic heterocycles. The Morgan fingerprint density at radius 1 is 1.00 bits per heavy atom. The van der Waals surface area contributed by atoms with Crippen LogP contribution in [0.5, 0.6) is 0 Å². The molecule has 2 fully saturated rings. The lowest BCUT2D eigenvalue weighted by molar-refractivity contribution is -0.176. The molecular formula is C37H53NO5. The van der Waals surface area contributed by atoms with Gasteiger partial charge in [-0.1, -0.05) is 88.4 Å². The highest BCUT2D eigenvalue weighted by Gasteiger charge is 2.65. The SMILES string of the molecule is CO[C@@H]1C[C@H]2CC[C@]1(CN(Cc1ccccc1)C(C(C)C)C(C(=O)OC(C)(C)C)C(OC(C)=O)c1ccccc1)C2(C)C. The lowest BCUT2D eigenvalue weighted by Crippen LogP contribution is -2.56. The second-order valence-corrected chi connectivity index (χ2v) is 14.7. The summed E-state index contributed by atoms with van der Waals surface area (Å²) in [6.45, 7) is 17.7. The van der Waals surface area contributed by atoms with Gasteiger partial charge in [0.15, 0.2) is 0 Å². The number of nitrogens with zero attached hydrogens (tertiary/aromatic N) is 1. The number of hydrogen-bond acceptors (Lipinski definition) is 6. The van der Waals surface area contributed by atoms with E-state index in [1.54, 1.807) is 0 Å². The standard InChI is InChI=1S/C37H53NO5/c1-25(2)32(31(34(40)43-35(4,5)6)33(42-26(3)39)28-18-14-11-15-19-28)38(23-27-16-12-10-13-17-27)24-37-21-20-29(36(37,7)8)22-30(37)41-9/h10-19,25,29-33H,20-24H2,1-9H3/t29-,30-,31?,32?,33?,37-/m1/s1. The van der Waals surface area contributed by atoms with Gasteiger partial charge in [0, 0.05) is 38.6 Å². The molecule has 6 heteroatoms. The van der Waals surface area contributed by atoms with Crippen LogP contribution >= 0.6 is 0 Å². The summed E-state index contributed by atoms with van der Waals surface area (Å²) in [6.07, 6.45) is 2.68. The van der Waals surface area contributed by atoms with Gasteiger partial charge in [0.25, 0.3) is 0 Å². The van der Waals surface area contributed by atoms with Crippen molar-refractivity contribution in [1.29, 1.82) is 0 Å². The summed E-state index contributed by atoms with van der Waals surface area (Å²) in [5.74, 6) is -0.882. The molecule has 0 aliphatic heterocycles. The van der Waals surface area contributed by atoms with Crippen molar-refractivity contribution < 1.29 is 23.8 Å². The normalized spacial score (nSPS) is 25.0. The Balaban J connectivity index is 1.89. The van der Waals surface area contributed by atoms with Crippen molar-refractivity contribution in [2.75, 3.05) is 13.7 Å². The Hall–Kier alpha value is -2.70. The van der Waals surface area contributed by atoms with Crippen LogP contribution in [0, 0.1) is 28.6 Å². The lowest BCUT2D eigenvalue weighted by Gasteiger charge is -2.49. The van der Waals surface area contributed by atoms with Gasteiger partial charge in [0.1, 0.15) is 17.6 Å². The average Bonchev–Trinajstić information content (AvgIpc) is 3.30. The van der Waals surface area contributed by atoms with E-state index in [4.69, 9.17) is 14.2 Å². The molecule has 0 N–H and O–H groups in total. The number of methoxy groups -OCH3 is 1. The van der Waals surface area contributed by atoms with Crippen molar-refractivity contribution in [3.05, 3.63) is 71.8 Å². The first-order valence-corrected chi connectivity index (χ1v) is 16.0. The maximum Gasteiger partial charge on any atom is 0.315 e. The van der Waals surface area contributed by atoms with Crippen LogP contribution in [0.2, 0.25) is 0 Å². The molecule has 2 saturated carbocycles. The highest BCUT2D eigenvalue weighted by atomic mass is 16.6. The Morgan fingerprint density at radius 3 is 2.12 bits per heavy atom. The number of carbonyl (C=O) groups is 2. The van der Waals surface area contributed by atoms with Crippen molar-refractivity contribution in [2.24, 2.45) is 28.6 Å². The second-order valence-electron chi connectivity index (χ2n) is 14.7. The van der Waals surface area contributed by atoms with Crippen LogP contribution in [0.4, 0.5) is 0 Å². The van der Waals surface area contributed by atoms with Crippen LogP contribution in [-0.2, 0) is 30.3 Å². The molecule has 0 radical (unpaired) electrons. The predicted molar refractivity (Wildman–Crippen MR) is 170 cm³/mol. The van der Waals surface area contributed by atoms with Crippen LogP contribution in [0.25, 0.3) is 0 Å². The van der Waals surface area contributed by atoms with Crippen molar-refractivity contribution in [3.63, 3.8) is 0 Å². The number of carbonyl (C=O) groups excluding carboxylic acids is 2. The van der Waals surface area contributed by atoms with E-state index in [1.165, 1.54) is 18.9 Å². The van der Waals surface area contributed by atoms with E-state index < -0.39 is 23.6 Å². The molecule has 2 bridgehead atoms. The van der Waals surface area contributed by atoms with Gasteiger partial charge < -0.3 is 14.2 Å². The van der Waals surface area contributed by atoms with E-state index in [2.05, 4.69) is 56.9 Å². The molecule has 0 amide bonds. The van der Waals surface area contributed by atoms with Gasteiger partial charge in [-0.3, -0.25) is 14.5 Å². The van der Waals surface area contributed by atoms with Gasteiger partial charge >= 0.3 is 11.9 Å². The molecule has 236 valence electrons. The van der Waals surface area contributed by atoms with Crippen LogP contribution in [-0.4, -0.2) is 48.2 Å². The molecule has 0 heterocycles. The second kappa shape index (κ2) is 13.1. The highest BCUT2D eigenvalue weighted by molar-refractivity contribution is 5.76. The van der Waals surface area contributed by atoms with Gasteiger partial charge in [-0.25, -0.2) is 0 Å². The molecule has 2 aliphatic rings. The molecule has 3 unspecified atom stereocenters. The van der Waals surface area contributed by atoms with Gasteiger partial charge in [0.2, 0.25) is 0 Å². The molecule has 2 aliphatic carbocycles. The Labute approximate surface area is 259 Å². The fraction of sp³-hybridized carbons (Fsp3) is 0.622. The highest BCUT2D eigenvalue weighted by Crippen LogP contribution is 2.67. The van der Waals surface area contributed by atoms with Crippen LogP contribution < -0.4 is 0 Å². The maximum absolute atomic E-state index is 14.4. The third kappa shape index (κ3) is 7.01. The van der Waals surface area contributed by atoms with Crippen LogP contribution in [0.3, 0.4) is 0 Å². The first-order valence-electron chi connectivity index (χ1n) is 16.0. The Kier molecular flexibility index (Phi) is 10.1. The predicted octanol–water partition coefficient (Wildman–Crippen LogP) is 7.62. The van der Waals surface area contributed by atoms with E-state index >= 15 is 0 Å². The van der Waals surface area contributed by atoms with Gasteiger partial charge in [-0.15, -0.1) is 0 Å². The molecule has 4 rings (SSSR count). The number of hydrogen-bond donors (Lipinski definition) is 0. The van der Waals surface area contributed by atoms with Crippen molar-refractivity contribution in [3.8, 4) is 0 Å². The number of ether oxygens (including phenoxy) is 3. The number of esters is 2. The summed E-state index contributed by atoms with van der Waals surface area (Å²) in [5.41, 5.74) is 1.27. The van der Waals surface area contributed by atoms with Crippen LogP contribution in [0.15, 0.2) is 60.7 Å². The molecule has 2 aromatic carbocycles. The van der Waals surface area contributed by atoms with Gasteiger partial charge in [-0.2, -0.15) is 0 Å². The van der Waals surface area contributed by atoms with E-state index in [1.807, 2.05) is 64.3 Å². The van der Waals surface area contributed by atoms with Gasteiger partial charge in [0.05, 0.1) is 6.10 Å². The van der Waals surface area contributed by atoms with Gasteiger partial charge in [-0.05, 0) is 68.4 Å². The third-order valence-corrected chi connectivity index (χ3v) is 10.3. The third-order valence-electron chi connectivity index (χ3n) is 10.3.